The Kier molecular flexibility index (Phi) is 6.11. The lowest BCUT2D eigenvalue weighted by Gasteiger charge is -2.25. The van der Waals surface area contributed by atoms with Crippen molar-refractivity contribution in [1.82, 2.24) is 25.1 Å². The summed E-state index contributed by atoms with van der Waals surface area (Å²) in [4.78, 5) is 15.7. The van der Waals surface area contributed by atoms with Gasteiger partial charge in [0.1, 0.15) is 5.69 Å². The van der Waals surface area contributed by atoms with E-state index in [-0.39, 0.29) is 0 Å². The third-order valence-electron chi connectivity index (χ3n) is 6.87. The van der Waals surface area contributed by atoms with Crippen molar-refractivity contribution in [1.29, 1.82) is 0 Å². The van der Waals surface area contributed by atoms with Gasteiger partial charge in [0, 0.05) is 58.3 Å². The second kappa shape index (κ2) is 9.59. The summed E-state index contributed by atoms with van der Waals surface area (Å²) in [6, 6.07) is 12.9. The van der Waals surface area contributed by atoms with Crippen LogP contribution in [0.2, 0.25) is 0 Å². The number of rotatable bonds is 5. The summed E-state index contributed by atoms with van der Waals surface area (Å²) in [5.41, 5.74) is 11.7. The Morgan fingerprint density at radius 3 is 2.49 bits per heavy atom. The molecule has 5 aromatic rings. The first-order valence-corrected chi connectivity index (χ1v) is 13.3. The van der Waals surface area contributed by atoms with E-state index < -0.39 is 0 Å². The Bertz CT molecular complexity index is 1650. The zero-order valence-corrected chi connectivity index (χ0v) is 23.0. The van der Waals surface area contributed by atoms with E-state index in [0.717, 1.165) is 63.3 Å². The van der Waals surface area contributed by atoms with E-state index in [0.29, 0.717) is 0 Å². The highest BCUT2D eigenvalue weighted by molar-refractivity contribution is 14.1. The van der Waals surface area contributed by atoms with Gasteiger partial charge < -0.3 is 10.2 Å². The number of aromatic amines is 1. The summed E-state index contributed by atoms with van der Waals surface area (Å²) in [6.45, 7) is 2.20. The van der Waals surface area contributed by atoms with Crippen LogP contribution in [-0.4, -0.2) is 39.2 Å². The first kappa shape index (κ1) is 23.6. The number of benzene rings is 1. The zero-order valence-electron chi connectivity index (χ0n) is 20.9. The van der Waals surface area contributed by atoms with Crippen LogP contribution in [0.4, 0.5) is 11.4 Å². The largest absolute Gasteiger partial charge is 0.376 e. The van der Waals surface area contributed by atoms with Crippen molar-refractivity contribution in [2.45, 2.75) is 19.8 Å². The Morgan fingerprint density at radius 2 is 1.70 bits per heavy atom. The molecule has 0 radical (unpaired) electrons. The van der Waals surface area contributed by atoms with Gasteiger partial charge in [-0.15, -0.1) is 0 Å². The number of hydrogen-bond donors (Lipinski definition) is 2. The lowest BCUT2D eigenvalue weighted by atomic mass is 9.89. The second-order valence-corrected chi connectivity index (χ2v) is 10.6. The predicted molar refractivity (Wildman–Crippen MR) is 158 cm³/mol. The molecule has 0 aliphatic carbocycles. The first-order valence-electron chi connectivity index (χ1n) is 12.2. The summed E-state index contributed by atoms with van der Waals surface area (Å²) >= 11 is 2.34. The monoisotopic (exact) mass is 599 g/mol. The number of allylic oxidation sites excluding steroid dienone is 1. The normalized spacial score (nSPS) is 13.0. The van der Waals surface area contributed by atoms with Crippen molar-refractivity contribution < 1.29 is 0 Å². The summed E-state index contributed by atoms with van der Waals surface area (Å²) in [7, 11) is 4.03. The van der Waals surface area contributed by atoms with E-state index in [2.05, 4.69) is 91.3 Å². The maximum absolute atomic E-state index is 4.71. The van der Waals surface area contributed by atoms with Gasteiger partial charge in [0.2, 0.25) is 0 Å². The van der Waals surface area contributed by atoms with E-state index in [1.54, 1.807) is 0 Å². The smallest absolute Gasteiger partial charge is 0.155 e. The topological polar surface area (TPSA) is 82.6 Å². The van der Waals surface area contributed by atoms with Gasteiger partial charge in [0.05, 0.1) is 29.5 Å². The Labute approximate surface area is 229 Å². The fourth-order valence-corrected chi connectivity index (χ4v) is 5.16. The molecule has 0 bridgehead atoms. The molecule has 1 aliphatic heterocycles. The summed E-state index contributed by atoms with van der Waals surface area (Å²) < 4.78 is 1.22. The molecule has 4 aromatic heterocycles. The number of aromatic nitrogens is 5. The molecule has 0 spiro atoms. The van der Waals surface area contributed by atoms with Gasteiger partial charge >= 0.3 is 0 Å². The maximum atomic E-state index is 4.71. The molecule has 0 unspecified atom stereocenters. The van der Waals surface area contributed by atoms with E-state index >= 15 is 0 Å². The Morgan fingerprint density at radius 1 is 0.919 bits per heavy atom. The van der Waals surface area contributed by atoms with Crippen LogP contribution in [0.3, 0.4) is 0 Å². The van der Waals surface area contributed by atoms with Crippen LogP contribution in [0.1, 0.15) is 24.6 Å². The lowest BCUT2D eigenvalue weighted by molar-refractivity contribution is 0.979. The highest BCUT2D eigenvalue weighted by Crippen LogP contribution is 2.39. The number of halogens is 1. The quantitative estimate of drug-likeness (QED) is 0.223. The molecular formula is C29H26IN7. The lowest BCUT2D eigenvalue weighted by Crippen LogP contribution is -2.14. The molecule has 2 N–H and O–H groups in total. The molecule has 1 aromatic carbocycles. The van der Waals surface area contributed by atoms with E-state index in [9.17, 15) is 0 Å². The highest BCUT2D eigenvalue weighted by Gasteiger charge is 2.24. The molecule has 8 heteroatoms. The minimum atomic E-state index is 0.761. The zero-order chi connectivity index (χ0) is 25.5. The molecule has 37 heavy (non-hydrogen) atoms. The van der Waals surface area contributed by atoms with Crippen molar-refractivity contribution in [3.8, 4) is 22.3 Å². The number of H-pyrrole nitrogens is 1. The van der Waals surface area contributed by atoms with E-state index in [4.69, 9.17) is 5.10 Å². The van der Waals surface area contributed by atoms with Gasteiger partial charge in [-0.3, -0.25) is 15.1 Å². The number of nitrogens with one attached hydrogen (secondary N) is 2. The van der Waals surface area contributed by atoms with Crippen LogP contribution < -0.4 is 10.2 Å². The maximum Gasteiger partial charge on any atom is 0.155 e. The van der Waals surface area contributed by atoms with Gasteiger partial charge in [0.25, 0.3) is 0 Å². The van der Waals surface area contributed by atoms with Crippen molar-refractivity contribution in [2.24, 2.45) is 0 Å². The standard InChI is InChI=1S/C29H26IN7/c1-4-17-10-23-25(18-5-7-21(30)8-6-18)15-32-16-26(23)34-27(17)28-24-11-20(13-33-29(24)36-35-28)19-9-22(37(2)3)14-31-12-19/h5-9,11-16,34H,4,10H2,1-3H3,(H,33,35,36). The molecule has 7 nitrogen and oxygen atoms in total. The van der Waals surface area contributed by atoms with Gasteiger partial charge in [-0.1, -0.05) is 19.1 Å². The van der Waals surface area contributed by atoms with Crippen molar-refractivity contribution >= 4 is 50.7 Å². The number of anilines is 2. The number of hydrogen-bond acceptors (Lipinski definition) is 6. The third kappa shape index (κ3) is 4.35. The summed E-state index contributed by atoms with van der Waals surface area (Å²) in [6.07, 6.45) is 11.2. The number of pyridine rings is 3. The van der Waals surface area contributed by atoms with Crippen LogP contribution in [0.25, 0.3) is 39.0 Å². The van der Waals surface area contributed by atoms with Crippen LogP contribution in [-0.2, 0) is 6.42 Å². The minimum Gasteiger partial charge on any atom is -0.376 e. The number of fused-ring (bicyclic) bond motifs is 2. The second-order valence-electron chi connectivity index (χ2n) is 9.37. The third-order valence-corrected chi connectivity index (χ3v) is 7.59. The highest BCUT2D eigenvalue weighted by atomic mass is 127. The summed E-state index contributed by atoms with van der Waals surface area (Å²) in [5.74, 6) is 0. The van der Waals surface area contributed by atoms with Gasteiger partial charge in [0.15, 0.2) is 5.65 Å². The molecule has 6 rings (SSSR count). The van der Waals surface area contributed by atoms with Crippen LogP contribution in [0, 0.1) is 3.57 Å². The van der Waals surface area contributed by atoms with E-state index in [1.165, 1.54) is 20.3 Å². The van der Waals surface area contributed by atoms with Gasteiger partial charge in [-0.25, -0.2) is 4.98 Å². The fraction of sp³-hybridized carbons (Fsp3) is 0.172. The molecule has 0 amide bonds. The fourth-order valence-electron chi connectivity index (χ4n) is 4.80. The molecule has 5 heterocycles. The molecule has 0 fully saturated rings. The van der Waals surface area contributed by atoms with Crippen molar-refractivity contribution in [2.75, 3.05) is 24.3 Å². The van der Waals surface area contributed by atoms with Crippen LogP contribution >= 0.6 is 22.6 Å². The molecule has 184 valence electrons. The SMILES string of the molecule is CCC1=C(c2n[nH]c3ncc(-c4cncc(N(C)C)c4)cc23)Nc2cncc(-c3ccc(I)cc3)c2C1. The average Bonchev–Trinajstić information content (AvgIpc) is 3.35. The van der Waals surface area contributed by atoms with Crippen molar-refractivity contribution in [3.05, 3.63) is 87.8 Å². The molecule has 0 saturated carbocycles. The molecule has 1 aliphatic rings. The predicted octanol–water partition coefficient (Wildman–Crippen LogP) is 6.54. The average molecular weight is 599 g/mol. The van der Waals surface area contributed by atoms with Crippen LogP contribution in [0.5, 0.6) is 0 Å². The van der Waals surface area contributed by atoms with Gasteiger partial charge in [-0.05, 0) is 76.4 Å². The molecule has 0 atom stereocenters. The first-order chi connectivity index (χ1) is 18.0. The molecule has 0 saturated heterocycles. The molecular weight excluding hydrogens is 573 g/mol. The van der Waals surface area contributed by atoms with Gasteiger partial charge in [-0.2, -0.15) is 5.10 Å². The Balaban J connectivity index is 1.43. The number of nitrogens with zero attached hydrogens (tertiary/aromatic N) is 5. The summed E-state index contributed by atoms with van der Waals surface area (Å²) in [5, 5.41) is 12.5. The van der Waals surface area contributed by atoms with Crippen LogP contribution in [0.15, 0.2) is 73.0 Å². The Hall–Kier alpha value is -3.79. The minimum absolute atomic E-state index is 0.761. The van der Waals surface area contributed by atoms with Crippen molar-refractivity contribution in [3.63, 3.8) is 0 Å². The van der Waals surface area contributed by atoms with E-state index in [1.807, 2.05) is 50.0 Å².